The van der Waals surface area contributed by atoms with Crippen LogP contribution in [0.4, 0.5) is 5.69 Å². The number of benzene rings is 2. The van der Waals surface area contributed by atoms with Crippen LogP contribution in [0.3, 0.4) is 0 Å². The molecule has 0 spiro atoms. The quantitative estimate of drug-likeness (QED) is 0.637. The highest BCUT2D eigenvalue weighted by atomic mass is 16.5. The van der Waals surface area contributed by atoms with Gasteiger partial charge in [0, 0.05) is 5.69 Å². The third-order valence-corrected chi connectivity index (χ3v) is 3.39. The van der Waals surface area contributed by atoms with Gasteiger partial charge in [-0.05, 0) is 55.8 Å². The third kappa shape index (κ3) is 4.85. The first-order valence-corrected chi connectivity index (χ1v) is 7.40. The molecule has 0 heterocycles. The first-order chi connectivity index (χ1) is 11.1. The Balaban J connectivity index is 1.93. The van der Waals surface area contributed by atoms with Crippen molar-refractivity contribution in [1.82, 2.24) is 5.43 Å². The molecule has 0 unspecified atom stereocenters. The Bertz CT molecular complexity index is 666. The van der Waals surface area contributed by atoms with Gasteiger partial charge in [-0.2, -0.15) is 5.10 Å². The number of carbonyl (C=O) groups excluding carboxylic acids is 1. The van der Waals surface area contributed by atoms with E-state index in [4.69, 9.17) is 4.74 Å². The molecule has 1 atom stereocenters. The smallest absolute Gasteiger partial charge is 0.262 e. The molecule has 0 aliphatic carbocycles. The number of para-hydroxylation sites is 1. The lowest BCUT2D eigenvalue weighted by atomic mass is 10.1. The standard InChI is InChI=1S/C18H21N3O2/c1-13(15-9-11-17(23-3)12-10-15)20-21-18(22)14(2)19-16-7-5-4-6-8-16/h4-12,14,19H,1-3H3,(H,21,22)/b20-13-/t14-/m0/s1. The fraction of sp³-hybridized carbons (Fsp3) is 0.222. The van der Waals surface area contributed by atoms with Crippen LogP contribution in [0.1, 0.15) is 19.4 Å². The van der Waals surface area contributed by atoms with E-state index in [2.05, 4.69) is 15.8 Å². The first kappa shape index (κ1) is 16.5. The molecule has 0 radical (unpaired) electrons. The van der Waals surface area contributed by atoms with Gasteiger partial charge in [0.25, 0.3) is 5.91 Å². The zero-order valence-electron chi connectivity index (χ0n) is 13.5. The fourth-order valence-corrected chi connectivity index (χ4v) is 1.98. The summed E-state index contributed by atoms with van der Waals surface area (Å²) in [4.78, 5) is 12.1. The summed E-state index contributed by atoms with van der Waals surface area (Å²) in [6, 6.07) is 16.7. The number of amides is 1. The predicted molar refractivity (Wildman–Crippen MR) is 92.9 cm³/mol. The van der Waals surface area contributed by atoms with Crippen molar-refractivity contribution in [1.29, 1.82) is 0 Å². The second kappa shape index (κ2) is 7.98. The first-order valence-electron chi connectivity index (χ1n) is 7.40. The van der Waals surface area contributed by atoms with Crippen molar-refractivity contribution in [2.75, 3.05) is 12.4 Å². The number of anilines is 1. The SMILES string of the molecule is COc1ccc(/C(C)=N\NC(=O)[C@H](C)Nc2ccccc2)cc1. The van der Waals surface area contributed by atoms with Crippen LogP contribution in [0.25, 0.3) is 0 Å². The molecule has 2 rings (SSSR count). The summed E-state index contributed by atoms with van der Waals surface area (Å²) >= 11 is 0. The van der Waals surface area contributed by atoms with E-state index >= 15 is 0 Å². The van der Waals surface area contributed by atoms with Crippen molar-refractivity contribution in [3.63, 3.8) is 0 Å². The van der Waals surface area contributed by atoms with Gasteiger partial charge in [0.1, 0.15) is 11.8 Å². The van der Waals surface area contributed by atoms with Gasteiger partial charge in [-0.3, -0.25) is 4.79 Å². The topological polar surface area (TPSA) is 62.7 Å². The largest absolute Gasteiger partial charge is 0.497 e. The van der Waals surface area contributed by atoms with Crippen LogP contribution in [0.5, 0.6) is 5.75 Å². The molecule has 23 heavy (non-hydrogen) atoms. The molecule has 0 saturated carbocycles. The van der Waals surface area contributed by atoms with Gasteiger partial charge in [-0.25, -0.2) is 5.43 Å². The Hall–Kier alpha value is -2.82. The maximum atomic E-state index is 12.1. The van der Waals surface area contributed by atoms with E-state index < -0.39 is 0 Å². The van der Waals surface area contributed by atoms with Crippen LogP contribution in [0.2, 0.25) is 0 Å². The Morgan fingerprint density at radius 2 is 1.74 bits per heavy atom. The van der Waals surface area contributed by atoms with E-state index in [1.165, 1.54) is 0 Å². The van der Waals surface area contributed by atoms with Crippen LogP contribution < -0.4 is 15.5 Å². The molecule has 0 bridgehead atoms. The molecule has 1 amide bonds. The summed E-state index contributed by atoms with van der Waals surface area (Å²) in [5, 5.41) is 7.27. The Morgan fingerprint density at radius 3 is 2.35 bits per heavy atom. The number of hydrogen-bond donors (Lipinski definition) is 2. The second-order valence-electron chi connectivity index (χ2n) is 5.13. The lowest BCUT2D eigenvalue weighted by molar-refractivity contribution is -0.121. The number of hydrazone groups is 1. The van der Waals surface area contributed by atoms with E-state index in [1.807, 2.05) is 61.5 Å². The van der Waals surface area contributed by atoms with Gasteiger partial charge < -0.3 is 10.1 Å². The minimum absolute atomic E-state index is 0.193. The van der Waals surface area contributed by atoms with E-state index in [9.17, 15) is 4.79 Å². The summed E-state index contributed by atoms with van der Waals surface area (Å²) in [6.45, 7) is 3.64. The summed E-state index contributed by atoms with van der Waals surface area (Å²) in [5.41, 5.74) is 5.13. The number of carbonyl (C=O) groups is 1. The number of ether oxygens (including phenoxy) is 1. The van der Waals surface area contributed by atoms with Crippen LogP contribution in [0, 0.1) is 0 Å². The second-order valence-corrected chi connectivity index (χ2v) is 5.13. The number of nitrogens with one attached hydrogen (secondary N) is 2. The van der Waals surface area contributed by atoms with Crippen LogP contribution in [-0.4, -0.2) is 24.8 Å². The molecule has 2 aromatic rings. The molecule has 2 N–H and O–H groups in total. The monoisotopic (exact) mass is 311 g/mol. The number of hydrogen-bond acceptors (Lipinski definition) is 4. The van der Waals surface area contributed by atoms with Gasteiger partial charge in [-0.1, -0.05) is 18.2 Å². The molecule has 2 aromatic carbocycles. The maximum absolute atomic E-state index is 12.1. The highest BCUT2D eigenvalue weighted by Gasteiger charge is 2.11. The Labute approximate surface area is 136 Å². The highest BCUT2D eigenvalue weighted by molar-refractivity contribution is 5.99. The Kier molecular flexibility index (Phi) is 5.74. The van der Waals surface area contributed by atoms with E-state index in [1.54, 1.807) is 14.0 Å². The molecule has 0 fully saturated rings. The molecular formula is C18H21N3O2. The van der Waals surface area contributed by atoms with Crippen molar-refractivity contribution >= 4 is 17.3 Å². The summed E-state index contributed by atoms with van der Waals surface area (Å²) in [7, 11) is 1.62. The lowest BCUT2D eigenvalue weighted by Gasteiger charge is -2.13. The average Bonchev–Trinajstić information content (AvgIpc) is 2.60. The lowest BCUT2D eigenvalue weighted by Crippen LogP contribution is -2.35. The van der Waals surface area contributed by atoms with Crippen molar-refractivity contribution in [3.8, 4) is 5.75 Å². The van der Waals surface area contributed by atoms with Gasteiger partial charge >= 0.3 is 0 Å². The molecule has 120 valence electrons. The summed E-state index contributed by atoms with van der Waals surface area (Å²) in [6.07, 6.45) is 0. The van der Waals surface area contributed by atoms with Crippen LogP contribution >= 0.6 is 0 Å². The maximum Gasteiger partial charge on any atom is 0.262 e. The zero-order valence-corrected chi connectivity index (χ0v) is 13.5. The van der Waals surface area contributed by atoms with Crippen molar-refractivity contribution in [2.24, 2.45) is 5.10 Å². The number of rotatable bonds is 6. The Morgan fingerprint density at radius 1 is 1.09 bits per heavy atom. The summed E-state index contributed by atoms with van der Waals surface area (Å²) < 4.78 is 5.12. The van der Waals surface area contributed by atoms with Gasteiger partial charge in [0.15, 0.2) is 0 Å². The van der Waals surface area contributed by atoms with Crippen LogP contribution in [-0.2, 0) is 4.79 Å². The fourth-order valence-electron chi connectivity index (χ4n) is 1.98. The molecule has 0 aliphatic rings. The zero-order chi connectivity index (χ0) is 16.7. The number of methoxy groups -OCH3 is 1. The minimum Gasteiger partial charge on any atom is -0.497 e. The van der Waals surface area contributed by atoms with Crippen molar-refractivity contribution in [3.05, 3.63) is 60.2 Å². The normalized spacial score (nSPS) is 12.4. The molecule has 0 aliphatic heterocycles. The average molecular weight is 311 g/mol. The third-order valence-electron chi connectivity index (χ3n) is 3.39. The summed E-state index contributed by atoms with van der Waals surface area (Å²) in [5.74, 6) is 0.591. The van der Waals surface area contributed by atoms with E-state index in [-0.39, 0.29) is 11.9 Å². The molecule has 5 nitrogen and oxygen atoms in total. The van der Waals surface area contributed by atoms with Crippen molar-refractivity contribution in [2.45, 2.75) is 19.9 Å². The van der Waals surface area contributed by atoms with E-state index in [0.717, 1.165) is 22.7 Å². The molecule has 0 aromatic heterocycles. The van der Waals surface area contributed by atoms with E-state index in [0.29, 0.717) is 0 Å². The molecule has 5 heteroatoms. The van der Waals surface area contributed by atoms with Gasteiger partial charge in [0.05, 0.1) is 12.8 Å². The molecular weight excluding hydrogens is 290 g/mol. The number of nitrogens with zero attached hydrogens (tertiary/aromatic N) is 1. The van der Waals surface area contributed by atoms with Crippen molar-refractivity contribution < 1.29 is 9.53 Å². The predicted octanol–water partition coefficient (Wildman–Crippen LogP) is 3.04. The van der Waals surface area contributed by atoms with Gasteiger partial charge in [0.2, 0.25) is 0 Å². The minimum atomic E-state index is -0.384. The van der Waals surface area contributed by atoms with Crippen LogP contribution in [0.15, 0.2) is 59.7 Å². The highest BCUT2D eigenvalue weighted by Crippen LogP contribution is 2.12. The molecule has 0 saturated heterocycles. The van der Waals surface area contributed by atoms with Gasteiger partial charge in [-0.15, -0.1) is 0 Å².